The van der Waals surface area contributed by atoms with Gasteiger partial charge in [-0.3, -0.25) is 9.59 Å². The standard InChI is InChI=1S/C29H28F8N2O5S/c1-38-15-23-26(45(43,44)20-9-7-19(30)8-10-20,12-13-39(23)24(40)16-2-4-17(5-3-16)25(41)42)21-11-6-18(14-22(21)38)27(31,28(32,33)34)29(35,36)37/h6-11,14,16-17,23H,2-5,12-13,15H2,1H3,(H,41,42). The van der Waals surface area contributed by atoms with Crippen LogP contribution in [0.15, 0.2) is 47.4 Å². The van der Waals surface area contributed by atoms with Gasteiger partial charge in [0.15, 0.2) is 9.84 Å². The number of fused-ring (bicyclic) bond motifs is 3. The van der Waals surface area contributed by atoms with Gasteiger partial charge in [-0.1, -0.05) is 12.1 Å². The van der Waals surface area contributed by atoms with Crippen LogP contribution in [0.5, 0.6) is 0 Å². The highest BCUT2D eigenvalue weighted by molar-refractivity contribution is 7.92. The molecule has 1 amide bonds. The first-order chi connectivity index (χ1) is 20.8. The van der Waals surface area contributed by atoms with E-state index < -0.39 is 84.3 Å². The van der Waals surface area contributed by atoms with E-state index in [2.05, 4.69) is 0 Å². The molecule has 0 bridgehead atoms. The summed E-state index contributed by atoms with van der Waals surface area (Å²) in [4.78, 5) is 27.3. The van der Waals surface area contributed by atoms with Crippen molar-refractivity contribution in [1.82, 2.24) is 4.90 Å². The van der Waals surface area contributed by atoms with Gasteiger partial charge in [0, 0.05) is 37.3 Å². The molecule has 246 valence electrons. The van der Waals surface area contributed by atoms with E-state index in [4.69, 9.17) is 0 Å². The molecule has 2 unspecified atom stereocenters. The molecule has 2 fully saturated rings. The van der Waals surface area contributed by atoms with Gasteiger partial charge < -0.3 is 14.9 Å². The van der Waals surface area contributed by atoms with Crippen LogP contribution in [0.3, 0.4) is 0 Å². The number of amides is 1. The summed E-state index contributed by atoms with van der Waals surface area (Å²) in [6, 6.07) is 3.83. The number of likely N-dealkylation sites (tertiary alicyclic amines) is 1. The summed E-state index contributed by atoms with van der Waals surface area (Å²) in [5, 5.41) is 9.32. The van der Waals surface area contributed by atoms with Crippen molar-refractivity contribution < 1.29 is 58.2 Å². The number of nitrogens with zero attached hydrogens (tertiary/aromatic N) is 2. The number of benzene rings is 2. The number of likely N-dealkylation sites (N-methyl/N-ethyl adjacent to an activating group) is 1. The molecule has 0 aromatic heterocycles. The molecule has 0 radical (unpaired) electrons. The predicted octanol–water partition coefficient (Wildman–Crippen LogP) is 5.73. The minimum atomic E-state index is -6.40. The van der Waals surface area contributed by atoms with Gasteiger partial charge in [0.2, 0.25) is 5.91 Å². The molecule has 1 saturated carbocycles. The number of hydrogen-bond acceptors (Lipinski definition) is 5. The Hall–Kier alpha value is -3.43. The average molecular weight is 669 g/mol. The summed E-state index contributed by atoms with van der Waals surface area (Å²) in [7, 11) is -3.36. The third-order valence-corrected chi connectivity index (χ3v) is 12.0. The largest absolute Gasteiger partial charge is 0.481 e. The fraction of sp³-hybridized carbons (Fsp3) is 0.517. The summed E-state index contributed by atoms with van der Waals surface area (Å²) in [5.41, 5.74) is -8.18. The quantitative estimate of drug-likeness (QED) is 0.324. The first-order valence-electron chi connectivity index (χ1n) is 14.0. The van der Waals surface area contributed by atoms with Crippen molar-refractivity contribution in [2.45, 2.75) is 65.8 Å². The molecule has 1 aliphatic carbocycles. The van der Waals surface area contributed by atoms with Crippen LogP contribution in [-0.4, -0.2) is 68.8 Å². The number of halogens is 8. The Morgan fingerprint density at radius 1 is 0.889 bits per heavy atom. The molecular formula is C29H28F8N2O5S. The lowest BCUT2D eigenvalue weighted by molar-refractivity contribution is -0.348. The number of carboxylic acids is 1. The maximum Gasteiger partial charge on any atom is 0.435 e. The molecule has 2 aromatic carbocycles. The highest BCUT2D eigenvalue weighted by atomic mass is 32.2. The Bertz CT molecular complexity index is 1590. The summed E-state index contributed by atoms with van der Waals surface area (Å²) in [5.74, 6) is -3.49. The van der Waals surface area contributed by atoms with E-state index in [0.29, 0.717) is 6.07 Å². The lowest BCUT2D eigenvalue weighted by atomic mass is 9.80. The lowest BCUT2D eigenvalue weighted by Crippen LogP contribution is -2.58. The van der Waals surface area contributed by atoms with Crippen LogP contribution in [0.25, 0.3) is 0 Å². The van der Waals surface area contributed by atoms with Gasteiger partial charge in [-0.05, 0) is 68.0 Å². The summed E-state index contributed by atoms with van der Waals surface area (Å²) in [6.07, 6.45) is -12.2. The topological polar surface area (TPSA) is 95.0 Å². The average Bonchev–Trinajstić information content (AvgIpc) is 3.36. The third kappa shape index (κ3) is 4.94. The zero-order valence-electron chi connectivity index (χ0n) is 23.6. The summed E-state index contributed by atoms with van der Waals surface area (Å²) in [6.45, 7) is -0.514. The Balaban J connectivity index is 1.66. The van der Waals surface area contributed by atoms with Gasteiger partial charge in [-0.25, -0.2) is 17.2 Å². The molecule has 2 aromatic rings. The fourth-order valence-corrected chi connectivity index (χ4v) is 9.35. The van der Waals surface area contributed by atoms with Crippen LogP contribution >= 0.6 is 0 Å². The van der Waals surface area contributed by atoms with Gasteiger partial charge in [-0.15, -0.1) is 0 Å². The molecule has 2 heterocycles. The van der Waals surface area contributed by atoms with E-state index in [1.54, 1.807) is 0 Å². The van der Waals surface area contributed by atoms with Gasteiger partial charge in [0.1, 0.15) is 10.6 Å². The molecule has 2 aliphatic heterocycles. The van der Waals surface area contributed by atoms with Crippen molar-refractivity contribution in [2.75, 3.05) is 25.0 Å². The molecule has 1 saturated heterocycles. The molecule has 45 heavy (non-hydrogen) atoms. The zero-order chi connectivity index (χ0) is 33.3. The number of hydrogen-bond donors (Lipinski definition) is 1. The van der Waals surface area contributed by atoms with Crippen molar-refractivity contribution in [2.24, 2.45) is 11.8 Å². The number of sulfone groups is 1. The minimum absolute atomic E-state index is 0.157. The van der Waals surface area contributed by atoms with Crippen LogP contribution in [0.2, 0.25) is 0 Å². The Morgan fingerprint density at radius 2 is 1.44 bits per heavy atom. The second-order valence-corrected chi connectivity index (χ2v) is 14.0. The first-order valence-corrected chi connectivity index (χ1v) is 15.5. The predicted molar refractivity (Wildman–Crippen MR) is 143 cm³/mol. The minimum Gasteiger partial charge on any atom is -0.481 e. The van der Waals surface area contributed by atoms with Crippen LogP contribution in [-0.2, 0) is 29.8 Å². The number of aliphatic carboxylic acids is 1. The molecule has 2 atom stereocenters. The van der Waals surface area contributed by atoms with Crippen LogP contribution < -0.4 is 4.90 Å². The maximum absolute atomic E-state index is 15.1. The van der Waals surface area contributed by atoms with Crippen LogP contribution in [0, 0.1) is 17.7 Å². The molecule has 7 nitrogen and oxygen atoms in total. The van der Waals surface area contributed by atoms with Crippen molar-refractivity contribution in [1.29, 1.82) is 0 Å². The zero-order valence-corrected chi connectivity index (χ0v) is 24.4. The number of carbonyl (C=O) groups is 2. The van der Waals surface area contributed by atoms with Gasteiger partial charge in [-0.2, -0.15) is 26.3 Å². The highest BCUT2D eigenvalue weighted by Gasteiger charge is 2.74. The van der Waals surface area contributed by atoms with E-state index in [0.717, 1.165) is 30.3 Å². The third-order valence-electron chi connectivity index (χ3n) is 9.44. The molecule has 16 heteroatoms. The van der Waals surface area contributed by atoms with Gasteiger partial charge >= 0.3 is 24.0 Å². The first kappa shape index (κ1) is 32.9. The summed E-state index contributed by atoms with van der Waals surface area (Å²) < 4.78 is 137. The van der Waals surface area contributed by atoms with Crippen molar-refractivity contribution in [3.63, 3.8) is 0 Å². The Kier molecular flexibility index (Phi) is 7.93. The van der Waals surface area contributed by atoms with E-state index in [-0.39, 0.29) is 56.8 Å². The van der Waals surface area contributed by atoms with Gasteiger partial charge in [0.05, 0.1) is 16.9 Å². The van der Waals surface area contributed by atoms with E-state index in [1.807, 2.05) is 0 Å². The Morgan fingerprint density at radius 3 is 1.98 bits per heavy atom. The number of carbonyl (C=O) groups excluding carboxylic acids is 1. The number of rotatable bonds is 5. The van der Waals surface area contributed by atoms with Gasteiger partial charge in [0.25, 0.3) is 0 Å². The normalized spacial score (nSPS) is 25.9. The van der Waals surface area contributed by atoms with Crippen molar-refractivity contribution in [3.05, 3.63) is 59.4 Å². The fourth-order valence-electron chi connectivity index (χ4n) is 7.05. The van der Waals surface area contributed by atoms with E-state index in [1.165, 1.54) is 16.8 Å². The van der Waals surface area contributed by atoms with E-state index >= 15 is 4.39 Å². The summed E-state index contributed by atoms with van der Waals surface area (Å²) >= 11 is 0. The van der Waals surface area contributed by atoms with Crippen molar-refractivity contribution >= 4 is 27.4 Å². The highest BCUT2D eigenvalue weighted by Crippen LogP contribution is 2.57. The molecule has 5 rings (SSSR count). The number of alkyl halides is 7. The molecule has 1 N–H and O–H groups in total. The molecular weight excluding hydrogens is 640 g/mol. The SMILES string of the molecule is CN1CC2N(C(=O)C3CCC(C(=O)O)CC3)CCC2(S(=O)(=O)c2ccc(F)cc2)c2ccc(C(F)(C(F)(F)F)C(F)(F)F)cc21. The second-order valence-electron chi connectivity index (χ2n) is 11.8. The Labute approximate surface area is 252 Å². The lowest BCUT2D eigenvalue weighted by Gasteiger charge is -2.47. The smallest absolute Gasteiger partial charge is 0.435 e. The number of carboxylic acid groups (broad SMARTS) is 1. The number of anilines is 1. The van der Waals surface area contributed by atoms with Crippen LogP contribution in [0.4, 0.5) is 40.8 Å². The van der Waals surface area contributed by atoms with Crippen molar-refractivity contribution in [3.8, 4) is 0 Å². The molecule has 0 spiro atoms. The van der Waals surface area contributed by atoms with E-state index in [9.17, 15) is 53.8 Å². The second kappa shape index (κ2) is 10.8. The van der Waals surface area contributed by atoms with Crippen LogP contribution in [0.1, 0.15) is 43.2 Å². The maximum atomic E-state index is 15.1. The monoisotopic (exact) mass is 668 g/mol. The molecule has 3 aliphatic rings.